The van der Waals surface area contributed by atoms with E-state index in [9.17, 15) is 0 Å². The molecule has 4 aromatic heterocycles. The first-order valence-electron chi connectivity index (χ1n) is 7.17. The van der Waals surface area contributed by atoms with E-state index in [1.165, 1.54) is 27.6 Å². The van der Waals surface area contributed by atoms with Crippen molar-refractivity contribution in [3.05, 3.63) is 24.1 Å². The molecule has 0 radical (unpaired) electrons. The number of rotatable bonds is 4. The molecule has 0 aliphatic heterocycles. The smallest absolute Gasteiger partial charge is 0.211 e. The minimum absolute atomic E-state index is 0.469. The van der Waals surface area contributed by atoms with Crippen LogP contribution < -0.4 is 11.1 Å². The highest BCUT2D eigenvalue weighted by molar-refractivity contribution is 9.13. The van der Waals surface area contributed by atoms with E-state index in [0.29, 0.717) is 5.13 Å². The molecular formula is C14H10Br2N6S4. The van der Waals surface area contributed by atoms with E-state index in [1.807, 2.05) is 6.07 Å². The van der Waals surface area contributed by atoms with Crippen molar-refractivity contribution in [2.75, 3.05) is 11.1 Å². The second-order valence-electron chi connectivity index (χ2n) is 5.18. The van der Waals surface area contributed by atoms with Crippen molar-refractivity contribution < 1.29 is 0 Å². The molecule has 0 atom stereocenters. The summed E-state index contributed by atoms with van der Waals surface area (Å²) >= 11 is 13.4. The van der Waals surface area contributed by atoms with Crippen LogP contribution >= 0.6 is 77.2 Å². The van der Waals surface area contributed by atoms with Gasteiger partial charge in [0, 0.05) is 20.9 Å². The molecule has 0 aromatic carbocycles. The van der Waals surface area contributed by atoms with Crippen LogP contribution in [0.2, 0.25) is 0 Å². The van der Waals surface area contributed by atoms with Crippen LogP contribution in [0.4, 0.5) is 15.3 Å². The summed E-state index contributed by atoms with van der Waals surface area (Å²) in [6.07, 6.45) is 0. The molecule has 3 N–H and O–H groups in total. The van der Waals surface area contributed by atoms with Gasteiger partial charge in [-0.2, -0.15) is 0 Å². The van der Waals surface area contributed by atoms with E-state index in [2.05, 4.69) is 71.4 Å². The van der Waals surface area contributed by atoms with Crippen LogP contribution in [-0.4, -0.2) is 20.4 Å². The standard InChI is InChI=1S/C14H10Br2N6S4/c1-4-6(11-19-21-13(17)25-11)3-7(23-4)18-14-22-20-12(26-14)8-5(2)24-10(16)9(8)15/h3H,1-2H3,(H2,17,21)(H,18,22). The van der Waals surface area contributed by atoms with Gasteiger partial charge in [-0.1, -0.05) is 22.7 Å². The van der Waals surface area contributed by atoms with E-state index in [-0.39, 0.29) is 0 Å². The molecule has 0 saturated heterocycles. The lowest BCUT2D eigenvalue weighted by Gasteiger charge is -1.96. The Balaban J connectivity index is 1.60. The van der Waals surface area contributed by atoms with Gasteiger partial charge in [0.2, 0.25) is 10.3 Å². The lowest BCUT2D eigenvalue weighted by molar-refractivity contribution is 1.10. The fourth-order valence-electron chi connectivity index (χ4n) is 2.31. The third kappa shape index (κ3) is 3.45. The zero-order chi connectivity index (χ0) is 18.4. The van der Waals surface area contributed by atoms with Gasteiger partial charge >= 0.3 is 0 Å². The van der Waals surface area contributed by atoms with E-state index < -0.39 is 0 Å². The number of nitrogen functional groups attached to an aromatic ring is 1. The minimum Gasteiger partial charge on any atom is -0.374 e. The zero-order valence-corrected chi connectivity index (χ0v) is 19.8. The number of hydrogen-bond donors (Lipinski definition) is 2. The quantitative estimate of drug-likeness (QED) is 0.310. The van der Waals surface area contributed by atoms with E-state index in [0.717, 1.165) is 44.4 Å². The molecule has 0 unspecified atom stereocenters. The molecule has 26 heavy (non-hydrogen) atoms. The number of aromatic nitrogens is 4. The Morgan fingerprint density at radius 1 is 0.923 bits per heavy atom. The van der Waals surface area contributed by atoms with Gasteiger partial charge in [-0.05, 0) is 51.8 Å². The Morgan fingerprint density at radius 3 is 2.35 bits per heavy atom. The van der Waals surface area contributed by atoms with Gasteiger partial charge in [0.05, 0.1) is 13.3 Å². The molecule has 0 fully saturated rings. The van der Waals surface area contributed by atoms with Crippen molar-refractivity contribution in [2.24, 2.45) is 0 Å². The summed E-state index contributed by atoms with van der Waals surface area (Å²) in [7, 11) is 0. The summed E-state index contributed by atoms with van der Waals surface area (Å²) < 4.78 is 2.08. The summed E-state index contributed by atoms with van der Waals surface area (Å²) in [5.41, 5.74) is 7.81. The average molecular weight is 550 g/mol. The molecule has 12 heteroatoms. The summed E-state index contributed by atoms with van der Waals surface area (Å²) in [5.74, 6) is 0. The highest BCUT2D eigenvalue weighted by atomic mass is 79.9. The van der Waals surface area contributed by atoms with Crippen LogP contribution in [0, 0.1) is 13.8 Å². The number of nitrogens with one attached hydrogen (secondary N) is 1. The Hall–Kier alpha value is -0.920. The first-order valence-corrected chi connectivity index (χ1v) is 12.0. The zero-order valence-electron chi connectivity index (χ0n) is 13.3. The molecule has 6 nitrogen and oxygen atoms in total. The fraction of sp³-hybridized carbons (Fsp3) is 0.143. The molecule has 0 spiro atoms. The first kappa shape index (κ1) is 18.4. The van der Waals surface area contributed by atoms with Crippen molar-refractivity contribution in [3.63, 3.8) is 0 Å². The molecule has 0 aliphatic rings. The Morgan fingerprint density at radius 2 is 1.69 bits per heavy atom. The minimum atomic E-state index is 0.469. The van der Waals surface area contributed by atoms with Crippen LogP contribution in [0.25, 0.3) is 21.1 Å². The lowest BCUT2D eigenvalue weighted by atomic mass is 10.3. The van der Waals surface area contributed by atoms with Crippen LogP contribution in [0.5, 0.6) is 0 Å². The normalized spacial score (nSPS) is 11.2. The maximum atomic E-state index is 5.69. The predicted molar refractivity (Wildman–Crippen MR) is 119 cm³/mol. The predicted octanol–water partition coefficient (Wildman–Crippen LogP) is 6.31. The Labute approximate surface area is 181 Å². The summed E-state index contributed by atoms with van der Waals surface area (Å²) in [6.45, 7) is 4.13. The third-order valence-electron chi connectivity index (χ3n) is 3.44. The van der Waals surface area contributed by atoms with Gasteiger partial charge in [-0.15, -0.1) is 43.1 Å². The van der Waals surface area contributed by atoms with Crippen molar-refractivity contribution in [2.45, 2.75) is 13.8 Å². The molecule has 4 rings (SSSR count). The summed E-state index contributed by atoms with van der Waals surface area (Å²) in [4.78, 5) is 2.34. The van der Waals surface area contributed by atoms with Crippen LogP contribution in [0.15, 0.2) is 14.3 Å². The fourth-order valence-corrected chi connectivity index (χ4v) is 7.65. The largest absolute Gasteiger partial charge is 0.374 e. The first-order chi connectivity index (χ1) is 12.4. The van der Waals surface area contributed by atoms with Crippen molar-refractivity contribution in [3.8, 4) is 21.1 Å². The number of halogens is 2. The van der Waals surface area contributed by atoms with Crippen molar-refractivity contribution in [1.82, 2.24) is 20.4 Å². The van der Waals surface area contributed by atoms with Gasteiger partial charge in [0.25, 0.3) is 0 Å². The molecule has 0 aliphatic carbocycles. The highest BCUT2D eigenvalue weighted by Gasteiger charge is 2.19. The third-order valence-corrected chi connectivity index (χ3v) is 9.42. The lowest BCUT2D eigenvalue weighted by Crippen LogP contribution is -1.85. The van der Waals surface area contributed by atoms with Gasteiger partial charge in [-0.3, -0.25) is 0 Å². The van der Waals surface area contributed by atoms with Gasteiger partial charge in [0.15, 0.2) is 10.0 Å². The molecule has 4 aromatic rings. The molecule has 0 saturated carbocycles. The highest BCUT2D eigenvalue weighted by Crippen LogP contribution is 2.45. The molecule has 134 valence electrons. The van der Waals surface area contributed by atoms with E-state index >= 15 is 0 Å². The number of aryl methyl sites for hydroxylation is 2. The number of nitrogens with zero attached hydrogens (tertiary/aromatic N) is 4. The monoisotopic (exact) mass is 548 g/mol. The molecule has 0 bridgehead atoms. The van der Waals surface area contributed by atoms with Gasteiger partial charge < -0.3 is 11.1 Å². The number of nitrogens with two attached hydrogens (primary N) is 1. The number of anilines is 3. The molecular weight excluding hydrogens is 540 g/mol. The summed E-state index contributed by atoms with van der Waals surface area (Å²) in [5, 5.41) is 23.9. The van der Waals surface area contributed by atoms with Crippen molar-refractivity contribution >= 4 is 92.5 Å². The second kappa shape index (κ2) is 7.24. The van der Waals surface area contributed by atoms with E-state index in [4.69, 9.17) is 5.73 Å². The second-order valence-corrected chi connectivity index (χ2v) is 11.8. The van der Waals surface area contributed by atoms with Crippen molar-refractivity contribution in [1.29, 1.82) is 0 Å². The SMILES string of the molecule is Cc1sc(Nc2nnc(-c3c(C)sc(Br)c3Br)s2)cc1-c1nnc(N)s1. The maximum absolute atomic E-state index is 5.69. The van der Waals surface area contributed by atoms with E-state index in [1.54, 1.807) is 22.7 Å². The van der Waals surface area contributed by atoms with Crippen LogP contribution in [0.1, 0.15) is 9.75 Å². The Bertz CT molecular complexity index is 1100. The van der Waals surface area contributed by atoms with Crippen LogP contribution in [0.3, 0.4) is 0 Å². The number of hydrogen-bond acceptors (Lipinski definition) is 10. The molecule has 4 heterocycles. The van der Waals surface area contributed by atoms with Crippen LogP contribution in [-0.2, 0) is 0 Å². The average Bonchev–Trinajstić information content (AvgIpc) is 3.32. The summed E-state index contributed by atoms with van der Waals surface area (Å²) in [6, 6.07) is 2.05. The van der Waals surface area contributed by atoms with Gasteiger partial charge in [0.1, 0.15) is 0 Å². The Kier molecular flexibility index (Phi) is 5.14. The molecule has 0 amide bonds. The number of thiophene rings is 2. The maximum Gasteiger partial charge on any atom is 0.211 e. The topological polar surface area (TPSA) is 89.6 Å². The van der Waals surface area contributed by atoms with Gasteiger partial charge in [-0.25, -0.2) is 0 Å².